The maximum atomic E-state index is 11.1. The molecule has 0 amide bonds. The average molecular weight is 407 g/mol. The van der Waals surface area contributed by atoms with Crippen molar-refractivity contribution in [1.29, 1.82) is 0 Å². The fourth-order valence-electron chi connectivity index (χ4n) is 4.30. The highest BCUT2D eigenvalue weighted by atomic mass is 16.6. The molecule has 5 N–H and O–H groups in total. The first-order valence-electron chi connectivity index (χ1n) is 9.60. The number of hydrogen-bond acceptors (Lipinski definition) is 8. The predicted octanol–water partition coefficient (Wildman–Crippen LogP) is 0.570. The SMILES string of the molecule is Nc1ncnc2c1ncn2[C@]1(Cc2cccc3ccccc23)O[C@H](CO)[C@@H](O)[C@H]1O. The van der Waals surface area contributed by atoms with E-state index in [2.05, 4.69) is 15.0 Å². The molecule has 0 spiro atoms. The van der Waals surface area contributed by atoms with Gasteiger partial charge in [-0.05, 0) is 16.3 Å². The Balaban J connectivity index is 1.73. The van der Waals surface area contributed by atoms with Gasteiger partial charge in [-0.15, -0.1) is 0 Å². The lowest BCUT2D eigenvalue weighted by atomic mass is 9.92. The van der Waals surface area contributed by atoms with Gasteiger partial charge in [0.25, 0.3) is 0 Å². The lowest BCUT2D eigenvalue weighted by Gasteiger charge is -2.34. The smallest absolute Gasteiger partial charge is 0.180 e. The van der Waals surface area contributed by atoms with Gasteiger partial charge in [-0.25, -0.2) is 15.0 Å². The molecular formula is C21H21N5O4. The molecule has 2 aromatic heterocycles. The number of benzene rings is 2. The van der Waals surface area contributed by atoms with Crippen LogP contribution in [0.4, 0.5) is 5.82 Å². The number of aromatic nitrogens is 4. The first-order valence-corrected chi connectivity index (χ1v) is 9.60. The van der Waals surface area contributed by atoms with Crippen molar-refractivity contribution >= 4 is 27.8 Å². The minimum atomic E-state index is -1.45. The molecule has 154 valence electrons. The third kappa shape index (κ3) is 2.67. The molecule has 1 fully saturated rings. The number of fused-ring (bicyclic) bond motifs is 2. The second-order valence-electron chi connectivity index (χ2n) is 7.48. The summed E-state index contributed by atoms with van der Waals surface area (Å²) in [5.41, 5.74) is 6.12. The molecule has 1 aliphatic heterocycles. The molecule has 9 heteroatoms. The summed E-state index contributed by atoms with van der Waals surface area (Å²) >= 11 is 0. The van der Waals surface area contributed by atoms with E-state index in [0.717, 1.165) is 16.3 Å². The van der Waals surface area contributed by atoms with Crippen LogP contribution in [0.5, 0.6) is 0 Å². The van der Waals surface area contributed by atoms with Crippen LogP contribution in [-0.2, 0) is 16.9 Å². The number of anilines is 1. The Morgan fingerprint density at radius 3 is 2.67 bits per heavy atom. The standard InChI is InChI=1S/C21H21N5O4/c22-19-16-20(24-10-23-19)26(11-25-16)21(18(29)17(28)15(9-27)30-21)8-13-6-3-5-12-4-1-2-7-14(12)13/h1-7,10-11,15,17-18,27-29H,8-9H2,(H2,22,23,24)/t15-,17-,18-,21-/m1/s1. The topological polar surface area (TPSA) is 140 Å². The number of rotatable bonds is 4. The summed E-state index contributed by atoms with van der Waals surface area (Å²) in [6.07, 6.45) is -0.618. The second kappa shape index (κ2) is 6.99. The summed E-state index contributed by atoms with van der Waals surface area (Å²) < 4.78 is 7.71. The molecule has 3 heterocycles. The van der Waals surface area contributed by atoms with Gasteiger partial charge in [0.15, 0.2) is 17.2 Å². The van der Waals surface area contributed by atoms with Crippen molar-refractivity contribution in [2.45, 2.75) is 30.5 Å². The van der Waals surface area contributed by atoms with Crippen LogP contribution in [0.1, 0.15) is 5.56 Å². The monoisotopic (exact) mass is 407 g/mol. The highest BCUT2D eigenvalue weighted by Crippen LogP contribution is 2.41. The van der Waals surface area contributed by atoms with E-state index in [1.54, 1.807) is 4.57 Å². The first-order chi connectivity index (χ1) is 14.5. The lowest BCUT2D eigenvalue weighted by molar-refractivity contribution is -0.145. The van der Waals surface area contributed by atoms with Gasteiger partial charge in [0, 0.05) is 6.42 Å². The first kappa shape index (κ1) is 18.9. The summed E-state index contributed by atoms with van der Waals surface area (Å²) in [5.74, 6) is 0.200. The zero-order valence-corrected chi connectivity index (χ0v) is 16.0. The van der Waals surface area contributed by atoms with Gasteiger partial charge < -0.3 is 25.8 Å². The largest absolute Gasteiger partial charge is 0.394 e. The molecule has 4 atom stereocenters. The zero-order chi connectivity index (χ0) is 20.9. The van der Waals surface area contributed by atoms with E-state index in [0.29, 0.717) is 11.2 Å². The summed E-state index contributed by atoms with van der Waals surface area (Å²) in [4.78, 5) is 12.5. The molecule has 30 heavy (non-hydrogen) atoms. The third-order valence-corrected chi connectivity index (χ3v) is 5.80. The van der Waals surface area contributed by atoms with Crippen LogP contribution in [0.25, 0.3) is 21.9 Å². The maximum absolute atomic E-state index is 11.1. The van der Waals surface area contributed by atoms with E-state index < -0.39 is 30.6 Å². The fourth-order valence-corrected chi connectivity index (χ4v) is 4.30. The van der Waals surface area contributed by atoms with Gasteiger partial charge in [0.05, 0.1) is 12.9 Å². The van der Waals surface area contributed by atoms with Crippen LogP contribution in [0.2, 0.25) is 0 Å². The molecule has 0 unspecified atom stereocenters. The lowest BCUT2D eigenvalue weighted by Crippen LogP contribution is -2.47. The van der Waals surface area contributed by atoms with Gasteiger partial charge in [0.1, 0.15) is 30.2 Å². The summed E-state index contributed by atoms with van der Waals surface area (Å²) in [6.45, 7) is -0.445. The highest BCUT2D eigenvalue weighted by Gasteiger charge is 2.56. The van der Waals surface area contributed by atoms with Gasteiger partial charge in [-0.3, -0.25) is 4.57 Å². The van der Waals surface area contributed by atoms with Gasteiger partial charge in [0.2, 0.25) is 0 Å². The van der Waals surface area contributed by atoms with Crippen LogP contribution >= 0.6 is 0 Å². The molecule has 2 aromatic carbocycles. The Morgan fingerprint density at radius 1 is 1.07 bits per heavy atom. The van der Waals surface area contributed by atoms with Crippen molar-refractivity contribution in [2.75, 3.05) is 12.3 Å². The molecule has 0 aliphatic carbocycles. The van der Waals surface area contributed by atoms with Crippen molar-refractivity contribution in [1.82, 2.24) is 19.5 Å². The van der Waals surface area contributed by atoms with Gasteiger partial charge in [-0.2, -0.15) is 0 Å². The maximum Gasteiger partial charge on any atom is 0.180 e. The summed E-state index contributed by atoms with van der Waals surface area (Å²) in [5, 5.41) is 33.5. The molecule has 5 rings (SSSR count). The van der Waals surface area contributed by atoms with Crippen molar-refractivity contribution in [2.24, 2.45) is 0 Å². The number of nitrogen functional groups attached to an aromatic ring is 1. The minimum Gasteiger partial charge on any atom is -0.394 e. The second-order valence-corrected chi connectivity index (χ2v) is 7.48. The van der Waals surface area contributed by atoms with Crippen molar-refractivity contribution in [3.63, 3.8) is 0 Å². The molecule has 1 saturated heterocycles. The van der Waals surface area contributed by atoms with Crippen LogP contribution < -0.4 is 5.73 Å². The van der Waals surface area contributed by atoms with E-state index in [9.17, 15) is 15.3 Å². The quantitative estimate of drug-likeness (QED) is 0.385. The van der Waals surface area contributed by atoms with Crippen LogP contribution in [0, 0.1) is 0 Å². The fraction of sp³-hybridized carbons (Fsp3) is 0.286. The highest BCUT2D eigenvalue weighted by molar-refractivity contribution is 5.86. The zero-order valence-electron chi connectivity index (χ0n) is 16.0. The van der Waals surface area contributed by atoms with Crippen LogP contribution in [0.15, 0.2) is 55.1 Å². The number of ether oxygens (including phenoxy) is 1. The molecule has 0 radical (unpaired) electrons. The Bertz CT molecular complexity index is 1220. The molecule has 0 saturated carbocycles. The molecule has 1 aliphatic rings. The number of aliphatic hydroxyl groups is 3. The summed E-state index contributed by atoms with van der Waals surface area (Å²) in [7, 11) is 0. The Kier molecular flexibility index (Phi) is 4.40. The molecule has 4 aromatic rings. The van der Waals surface area contributed by atoms with Crippen LogP contribution in [0.3, 0.4) is 0 Å². The summed E-state index contributed by atoms with van der Waals surface area (Å²) in [6, 6.07) is 13.8. The van der Waals surface area contributed by atoms with E-state index in [4.69, 9.17) is 10.5 Å². The van der Waals surface area contributed by atoms with E-state index >= 15 is 0 Å². The predicted molar refractivity (Wildman–Crippen MR) is 109 cm³/mol. The molecule has 0 bridgehead atoms. The van der Waals surface area contributed by atoms with Gasteiger partial charge in [-0.1, -0.05) is 42.5 Å². The number of hydrogen-bond donors (Lipinski definition) is 4. The Morgan fingerprint density at radius 2 is 1.87 bits per heavy atom. The van der Waals surface area contributed by atoms with E-state index in [1.165, 1.54) is 12.7 Å². The van der Waals surface area contributed by atoms with Crippen LogP contribution in [-0.4, -0.2) is 59.8 Å². The van der Waals surface area contributed by atoms with E-state index in [-0.39, 0.29) is 12.2 Å². The minimum absolute atomic E-state index is 0.200. The van der Waals surface area contributed by atoms with Gasteiger partial charge >= 0.3 is 0 Å². The Hall–Kier alpha value is -3.11. The number of nitrogens with two attached hydrogens (primary N) is 1. The average Bonchev–Trinajstić information content (AvgIpc) is 3.31. The molecular weight excluding hydrogens is 386 g/mol. The van der Waals surface area contributed by atoms with Crippen molar-refractivity contribution in [3.8, 4) is 0 Å². The van der Waals surface area contributed by atoms with Crippen molar-refractivity contribution in [3.05, 3.63) is 60.7 Å². The van der Waals surface area contributed by atoms with Crippen molar-refractivity contribution < 1.29 is 20.1 Å². The Labute approximate surface area is 171 Å². The number of nitrogens with zero attached hydrogens (tertiary/aromatic N) is 4. The number of imidazole rings is 1. The molecule has 9 nitrogen and oxygen atoms in total. The third-order valence-electron chi connectivity index (χ3n) is 5.80. The normalized spacial score (nSPS) is 26.6. The number of aliphatic hydroxyl groups excluding tert-OH is 3. The van der Waals surface area contributed by atoms with E-state index in [1.807, 2.05) is 42.5 Å².